The summed E-state index contributed by atoms with van der Waals surface area (Å²) in [5, 5.41) is 0.618. The lowest BCUT2D eigenvalue weighted by molar-refractivity contribution is 0.582. The molecule has 4 rings (SSSR count). The molecule has 3 aromatic rings. The number of nitrogens with one attached hydrogen (secondary N) is 1. The van der Waals surface area contributed by atoms with Gasteiger partial charge in [0.15, 0.2) is 0 Å². The van der Waals surface area contributed by atoms with Gasteiger partial charge in [-0.2, -0.15) is 0 Å². The van der Waals surface area contributed by atoms with Gasteiger partial charge in [-0.1, -0.05) is 60.1 Å². The lowest BCUT2D eigenvalue weighted by atomic mass is 10.1. The number of rotatable bonds is 5. The van der Waals surface area contributed by atoms with Crippen molar-refractivity contribution in [1.29, 1.82) is 0 Å². The van der Waals surface area contributed by atoms with E-state index < -0.39 is 10.0 Å². The van der Waals surface area contributed by atoms with Crippen LogP contribution in [0.5, 0.6) is 0 Å². The molecule has 128 valence electrons. The Morgan fingerprint density at radius 3 is 2.44 bits per heavy atom. The van der Waals surface area contributed by atoms with E-state index in [4.69, 9.17) is 11.6 Å². The second kappa shape index (κ2) is 6.57. The Bertz CT molecular complexity index is 999. The van der Waals surface area contributed by atoms with E-state index in [1.807, 2.05) is 54.6 Å². The molecule has 2 aromatic carbocycles. The Balaban J connectivity index is 1.51. The van der Waals surface area contributed by atoms with Crippen LogP contribution in [0.15, 0.2) is 70.9 Å². The lowest BCUT2D eigenvalue weighted by Gasteiger charge is -2.04. The number of hydrogen-bond donors (Lipinski definition) is 1. The zero-order valence-electron chi connectivity index (χ0n) is 13.2. The van der Waals surface area contributed by atoms with Gasteiger partial charge in [0.05, 0.1) is 0 Å². The molecule has 0 unspecified atom stereocenters. The predicted molar refractivity (Wildman–Crippen MR) is 103 cm³/mol. The van der Waals surface area contributed by atoms with Crippen molar-refractivity contribution in [2.45, 2.75) is 22.6 Å². The smallest absolute Gasteiger partial charge is 0.207 e. The zero-order valence-corrected chi connectivity index (χ0v) is 15.6. The third kappa shape index (κ3) is 3.51. The second-order valence-corrected chi connectivity index (χ2v) is 9.51. The third-order valence-corrected chi connectivity index (χ3v) is 7.74. The van der Waals surface area contributed by atoms with Crippen LogP contribution in [0.2, 0.25) is 5.02 Å². The molecule has 1 fully saturated rings. The van der Waals surface area contributed by atoms with E-state index >= 15 is 0 Å². The van der Waals surface area contributed by atoms with Crippen LogP contribution in [0.4, 0.5) is 0 Å². The molecule has 1 saturated carbocycles. The molecule has 6 heteroatoms. The molecule has 0 spiro atoms. The molecule has 2 atom stereocenters. The van der Waals surface area contributed by atoms with Gasteiger partial charge in [0.25, 0.3) is 0 Å². The summed E-state index contributed by atoms with van der Waals surface area (Å²) in [5.41, 5.74) is 2.03. The minimum atomic E-state index is -3.51. The van der Waals surface area contributed by atoms with Gasteiger partial charge >= 0.3 is 0 Å². The fraction of sp³-hybridized carbons (Fsp3) is 0.158. The molecule has 0 saturated heterocycles. The van der Waals surface area contributed by atoms with E-state index in [-0.39, 0.29) is 12.0 Å². The van der Waals surface area contributed by atoms with Gasteiger partial charge in [-0.15, -0.1) is 11.3 Å². The van der Waals surface area contributed by atoms with Crippen molar-refractivity contribution in [3.8, 4) is 10.4 Å². The highest BCUT2D eigenvalue weighted by Crippen LogP contribution is 2.42. The van der Waals surface area contributed by atoms with Crippen molar-refractivity contribution in [3.63, 3.8) is 0 Å². The number of benzene rings is 2. The monoisotopic (exact) mass is 389 g/mol. The van der Waals surface area contributed by atoms with Crippen LogP contribution in [0, 0.1) is 0 Å². The van der Waals surface area contributed by atoms with Crippen LogP contribution >= 0.6 is 22.9 Å². The maximum absolute atomic E-state index is 12.7. The summed E-state index contributed by atoms with van der Waals surface area (Å²) in [7, 11) is -3.51. The third-order valence-electron chi connectivity index (χ3n) is 4.31. The predicted octanol–water partition coefficient (Wildman–Crippen LogP) is 4.90. The summed E-state index contributed by atoms with van der Waals surface area (Å²) < 4.78 is 28.5. The van der Waals surface area contributed by atoms with Gasteiger partial charge in [-0.25, -0.2) is 13.1 Å². The minimum Gasteiger partial charge on any atom is -0.207 e. The van der Waals surface area contributed by atoms with Crippen molar-refractivity contribution in [3.05, 3.63) is 77.3 Å². The molecule has 1 aromatic heterocycles. The SMILES string of the molecule is O=S(=O)(N[C@H]1C[C@@H]1c1ccccc1)c1ccc(-c2ccccc2Cl)s1. The van der Waals surface area contributed by atoms with Crippen molar-refractivity contribution in [2.75, 3.05) is 0 Å². The first kappa shape index (κ1) is 16.8. The van der Waals surface area contributed by atoms with Crippen LogP contribution in [0.1, 0.15) is 17.9 Å². The van der Waals surface area contributed by atoms with Crippen LogP contribution < -0.4 is 4.72 Å². The standard InChI is InChI=1S/C19H16ClNO2S2/c20-16-9-5-4-8-14(16)18-10-11-19(24-18)25(22,23)21-17-12-15(17)13-6-2-1-3-7-13/h1-11,15,17,21H,12H2/t15-,17+/m1/s1. The summed E-state index contributed by atoms with van der Waals surface area (Å²) in [6, 6.07) is 20.9. The maximum Gasteiger partial charge on any atom is 0.250 e. The zero-order chi connectivity index (χ0) is 17.4. The first-order valence-corrected chi connectivity index (χ1v) is 10.6. The first-order valence-electron chi connectivity index (χ1n) is 7.96. The Hall–Kier alpha value is -1.66. The fourth-order valence-electron chi connectivity index (χ4n) is 2.92. The van der Waals surface area contributed by atoms with Gasteiger partial charge in [-0.3, -0.25) is 0 Å². The molecule has 3 nitrogen and oxygen atoms in total. The van der Waals surface area contributed by atoms with Gasteiger partial charge in [0, 0.05) is 27.4 Å². The van der Waals surface area contributed by atoms with Crippen molar-refractivity contribution in [1.82, 2.24) is 4.72 Å². The van der Waals surface area contributed by atoms with E-state index in [0.29, 0.717) is 9.23 Å². The summed E-state index contributed by atoms with van der Waals surface area (Å²) in [5.74, 6) is 0.263. The second-order valence-electron chi connectivity index (χ2n) is 6.08. The minimum absolute atomic E-state index is 0.0294. The van der Waals surface area contributed by atoms with E-state index in [1.54, 1.807) is 12.1 Å². The number of sulfonamides is 1. The summed E-state index contributed by atoms with van der Waals surface area (Å²) in [6.07, 6.45) is 0.839. The molecule has 1 aliphatic rings. The summed E-state index contributed by atoms with van der Waals surface area (Å²) >= 11 is 7.44. The highest BCUT2D eigenvalue weighted by Gasteiger charge is 2.41. The molecule has 0 bridgehead atoms. The largest absolute Gasteiger partial charge is 0.250 e. The quantitative estimate of drug-likeness (QED) is 0.674. The number of halogens is 1. The average molecular weight is 390 g/mol. The van der Waals surface area contributed by atoms with E-state index in [0.717, 1.165) is 16.9 Å². The van der Waals surface area contributed by atoms with Crippen LogP contribution in [0.25, 0.3) is 10.4 Å². The van der Waals surface area contributed by atoms with Crippen molar-refractivity contribution < 1.29 is 8.42 Å². The van der Waals surface area contributed by atoms with Crippen LogP contribution in [-0.2, 0) is 10.0 Å². The topological polar surface area (TPSA) is 46.2 Å². The Morgan fingerprint density at radius 1 is 0.960 bits per heavy atom. The van der Waals surface area contributed by atoms with E-state index in [9.17, 15) is 8.42 Å². The fourth-order valence-corrected chi connectivity index (χ4v) is 5.87. The molecule has 25 heavy (non-hydrogen) atoms. The molecule has 0 amide bonds. The Kier molecular flexibility index (Phi) is 4.41. The van der Waals surface area contributed by atoms with E-state index in [1.165, 1.54) is 16.9 Å². The summed E-state index contributed by atoms with van der Waals surface area (Å²) in [4.78, 5) is 0.849. The van der Waals surface area contributed by atoms with Gasteiger partial charge in [0.2, 0.25) is 10.0 Å². The Labute approximate surface area is 156 Å². The van der Waals surface area contributed by atoms with E-state index in [2.05, 4.69) is 4.72 Å². The van der Waals surface area contributed by atoms with Gasteiger partial charge in [0.1, 0.15) is 4.21 Å². The highest BCUT2D eigenvalue weighted by molar-refractivity contribution is 7.91. The summed E-state index contributed by atoms with van der Waals surface area (Å²) in [6.45, 7) is 0. The molecule has 1 aliphatic carbocycles. The molecule has 0 radical (unpaired) electrons. The molecule has 0 aliphatic heterocycles. The molecule has 1 N–H and O–H groups in total. The molecular weight excluding hydrogens is 374 g/mol. The van der Waals surface area contributed by atoms with Gasteiger partial charge in [-0.05, 0) is 30.2 Å². The molecule has 1 heterocycles. The normalized spacial score (nSPS) is 19.7. The van der Waals surface area contributed by atoms with Crippen molar-refractivity contribution in [2.24, 2.45) is 0 Å². The molecular formula is C19H16ClNO2S2. The number of hydrogen-bond acceptors (Lipinski definition) is 3. The van der Waals surface area contributed by atoms with Crippen LogP contribution in [-0.4, -0.2) is 14.5 Å². The Morgan fingerprint density at radius 2 is 1.68 bits per heavy atom. The van der Waals surface area contributed by atoms with Crippen LogP contribution in [0.3, 0.4) is 0 Å². The number of thiophene rings is 1. The maximum atomic E-state index is 12.7. The van der Waals surface area contributed by atoms with Crippen molar-refractivity contribution >= 4 is 33.0 Å². The average Bonchev–Trinajstić information content (AvgIpc) is 3.17. The van der Waals surface area contributed by atoms with Gasteiger partial charge < -0.3 is 0 Å². The highest BCUT2D eigenvalue weighted by atomic mass is 35.5. The lowest BCUT2D eigenvalue weighted by Crippen LogP contribution is -2.26. The first-order chi connectivity index (χ1) is 12.0.